The Balaban J connectivity index is 1.43. The summed E-state index contributed by atoms with van der Waals surface area (Å²) in [5, 5.41) is 3.25. The molecule has 3 heterocycles. The third kappa shape index (κ3) is 3.25. The van der Waals surface area contributed by atoms with Crippen molar-refractivity contribution in [3.63, 3.8) is 0 Å². The van der Waals surface area contributed by atoms with Crippen LogP contribution in [-0.4, -0.2) is 35.2 Å². The predicted octanol–water partition coefficient (Wildman–Crippen LogP) is 3.44. The van der Waals surface area contributed by atoms with Crippen molar-refractivity contribution in [2.75, 3.05) is 0 Å². The summed E-state index contributed by atoms with van der Waals surface area (Å²) in [6, 6.07) is 2.55. The zero-order valence-electron chi connectivity index (χ0n) is 13.6. The Morgan fingerprint density at radius 2 is 2.09 bits per heavy atom. The molecule has 2 saturated heterocycles. The third-order valence-corrected chi connectivity index (χ3v) is 5.62. The van der Waals surface area contributed by atoms with Crippen molar-refractivity contribution in [2.24, 2.45) is 0 Å². The first kappa shape index (κ1) is 15.1. The molecule has 1 N–H and O–H groups in total. The highest BCUT2D eigenvalue weighted by Crippen LogP contribution is 2.34. The molecule has 1 aromatic rings. The molecule has 23 heavy (non-hydrogen) atoms. The number of nitrogens with one attached hydrogen (secondary N) is 1. The second kappa shape index (κ2) is 6.56. The normalized spacial score (nSPS) is 30.5. The summed E-state index contributed by atoms with van der Waals surface area (Å²) < 4.78 is 11.0. The van der Waals surface area contributed by atoms with Gasteiger partial charge >= 0.3 is 6.03 Å². The van der Waals surface area contributed by atoms with E-state index in [1.165, 1.54) is 19.3 Å². The summed E-state index contributed by atoms with van der Waals surface area (Å²) in [6.07, 6.45) is 13.2. The van der Waals surface area contributed by atoms with Crippen molar-refractivity contribution >= 4 is 6.03 Å². The Morgan fingerprint density at radius 1 is 1.22 bits per heavy atom. The quantitative estimate of drug-likeness (QED) is 0.925. The van der Waals surface area contributed by atoms with Crippen molar-refractivity contribution < 1.29 is 13.9 Å². The summed E-state index contributed by atoms with van der Waals surface area (Å²) in [6.45, 7) is 0.634. The molecule has 126 valence electrons. The number of rotatable bonds is 4. The maximum atomic E-state index is 12.9. The number of furan rings is 1. The van der Waals surface area contributed by atoms with Crippen LogP contribution in [0.4, 0.5) is 4.79 Å². The molecule has 0 unspecified atom stereocenters. The van der Waals surface area contributed by atoms with Gasteiger partial charge in [-0.1, -0.05) is 19.3 Å². The molecule has 3 fully saturated rings. The lowest BCUT2D eigenvalue weighted by atomic mass is 9.93. The number of nitrogens with zero attached hydrogens (tertiary/aromatic N) is 1. The van der Waals surface area contributed by atoms with Gasteiger partial charge in [-0.15, -0.1) is 0 Å². The number of amides is 2. The van der Waals surface area contributed by atoms with Crippen LogP contribution in [0.1, 0.15) is 56.9 Å². The van der Waals surface area contributed by atoms with Crippen LogP contribution in [0.2, 0.25) is 0 Å². The second-order valence-electron chi connectivity index (χ2n) is 7.22. The minimum atomic E-state index is 0.0688. The molecule has 2 bridgehead atoms. The van der Waals surface area contributed by atoms with Crippen molar-refractivity contribution in [2.45, 2.75) is 82.2 Å². The molecule has 4 rings (SSSR count). The Hall–Kier alpha value is -1.49. The van der Waals surface area contributed by atoms with E-state index in [2.05, 4.69) is 5.32 Å². The zero-order valence-corrected chi connectivity index (χ0v) is 13.6. The highest BCUT2D eigenvalue weighted by atomic mass is 16.5. The van der Waals surface area contributed by atoms with E-state index < -0.39 is 0 Å². The molecule has 3 aliphatic rings. The first-order valence-electron chi connectivity index (χ1n) is 9.03. The van der Waals surface area contributed by atoms with Crippen molar-refractivity contribution in [3.05, 3.63) is 24.2 Å². The smallest absolute Gasteiger partial charge is 0.318 e. The van der Waals surface area contributed by atoms with Gasteiger partial charge in [-0.2, -0.15) is 0 Å². The Kier molecular flexibility index (Phi) is 4.29. The van der Waals surface area contributed by atoms with E-state index in [1.807, 2.05) is 11.0 Å². The Labute approximate surface area is 137 Å². The standard InChI is InChI=1S/C18H26N2O3/c21-18(19-16-10-15-6-7-17(16)23-15)20(11-13-8-9-22-12-13)14-4-2-1-3-5-14/h8-9,12,14-17H,1-7,10-11H2,(H,19,21)/t15-,16-,17+/m1/s1. The average Bonchev–Trinajstić information content (AvgIpc) is 3.31. The van der Waals surface area contributed by atoms with Gasteiger partial charge in [0.1, 0.15) is 0 Å². The van der Waals surface area contributed by atoms with Gasteiger partial charge in [0.25, 0.3) is 0 Å². The lowest BCUT2D eigenvalue weighted by Gasteiger charge is -2.35. The van der Waals surface area contributed by atoms with E-state index in [0.29, 0.717) is 18.7 Å². The van der Waals surface area contributed by atoms with Gasteiger partial charge in [0.2, 0.25) is 0 Å². The second-order valence-corrected chi connectivity index (χ2v) is 7.22. The van der Waals surface area contributed by atoms with Gasteiger partial charge in [0, 0.05) is 11.6 Å². The molecule has 5 heteroatoms. The van der Waals surface area contributed by atoms with E-state index >= 15 is 0 Å². The molecular formula is C18H26N2O3. The average molecular weight is 318 g/mol. The van der Waals surface area contributed by atoms with Crippen molar-refractivity contribution in [3.8, 4) is 0 Å². The highest BCUT2D eigenvalue weighted by molar-refractivity contribution is 5.75. The molecule has 0 radical (unpaired) electrons. The van der Waals surface area contributed by atoms with Gasteiger partial charge < -0.3 is 19.4 Å². The summed E-state index contributed by atoms with van der Waals surface area (Å²) >= 11 is 0. The van der Waals surface area contributed by atoms with Crippen molar-refractivity contribution in [1.82, 2.24) is 10.2 Å². The van der Waals surface area contributed by atoms with Gasteiger partial charge in [-0.05, 0) is 38.2 Å². The molecule has 2 aliphatic heterocycles. The fourth-order valence-corrected chi connectivity index (χ4v) is 4.37. The molecule has 1 aliphatic carbocycles. The van der Waals surface area contributed by atoms with Gasteiger partial charge in [-0.25, -0.2) is 4.79 Å². The molecular weight excluding hydrogens is 292 g/mol. The number of carbonyl (C=O) groups excluding carboxylic acids is 1. The summed E-state index contributed by atoms with van der Waals surface area (Å²) in [4.78, 5) is 15.0. The molecule has 5 nitrogen and oxygen atoms in total. The van der Waals surface area contributed by atoms with Crippen LogP contribution in [0.3, 0.4) is 0 Å². The summed E-state index contributed by atoms with van der Waals surface area (Å²) in [7, 11) is 0. The molecule has 2 amide bonds. The largest absolute Gasteiger partial charge is 0.472 e. The first-order valence-corrected chi connectivity index (χ1v) is 9.03. The van der Waals surface area contributed by atoms with Gasteiger partial charge in [0.15, 0.2) is 0 Å². The van der Waals surface area contributed by atoms with E-state index in [4.69, 9.17) is 9.15 Å². The van der Waals surface area contributed by atoms with Crippen LogP contribution >= 0.6 is 0 Å². The van der Waals surface area contributed by atoms with Crippen molar-refractivity contribution in [1.29, 1.82) is 0 Å². The Morgan fingerprint density at radius 3 is 2.74 bits per heavy atom. The fourth-order valence-electron chi connectivity index (χ4n) is 4.37. The van der Waals surface area contributed by atoms with E-state index in [-0.39, 0.29) is 18.2 Å². The van der Waals surface area contributed by atoms with Gasteiger partial charge in [0.05, 0.1) is 37.3 Å². The Bertz CT molecular complexity index is 524. The predicted molar refractivity (Wildman–Crippen MR) is 86.0 cm³/mol. The van der Waals surface area contributed by atoms with Crippen LogP contribution in [0.5, 0.6) is 0 Å². The maximum absolute atomic E-state index is 12.9. The molecule has 0 spiro atoms. The molecule has 0 aromatic carbocycles. The molecule has 1 aromatic heterocycles. The minimum absolute atomic E-state index is 0.0688. The SMILES string of the molecule is O=C(N[C@@H]1C[C@H]2CC[C@@H]1O2)N(Cc1ccoc1)C1CCCCC1. The zero-order chi connectivity index (χ0) is 15.6. The van der Waals surface area contributed by atoms with Crippen LogP contribution in [0, 0.1) is 0 Å². The number of ether oxygens (including phenoxy) is 1. The van der Waals surface area contributed by atoms with Crippen LogP contribution in [-0.2, 0) is 11.3 Å². The molecule has 1 saturated carbocycles. The number of hydrogen-bond acceptors (Lipinski definition) is 3. The number of carbonyl (C=O) groups is 1. The number of fused-ring (bicyclic) bond motifs is 2. The van der Waals surface area contributed by atoms with Crippen LogP contribution in [0.25, 0.3) is 0 Å². The fraction of sp³-hybridized carbons (Fsp3) is 0.722. The maximum Gasteiger partial charge on any atom is 0.318 e. The van der Waals surface area contributed by atoms with E-state index in [1.54, 1.807) is 12.5 Å². The minimum Gasteiger partial charge on any atom is -0.472 e. The summed E-state index contributed by atoms with van der Waals surface area (Å²) in [5.41, 5.74) is 1.06. The topological polar surface area (TPSA) is 54.7 Å². The highest BCUT2D eigenvalue weighted by Gasteiger charge is 2.42. The van der Waals surface area contributed by atoms with Crippen LogP contribution < -0.4 is 5.32 Å². The number of urea groups is 1. The lowest BCUT2D eigenvalue weighted by molar-refractivity contribution is 0.0951. The van der Waals surface area contributed by atoms with Crippen LogP contribution in [0.15, 0.2) is 23.0 Å². The number of hydrogen-bond donors (Lipinski definition) is 1. The monoisotopic (exact) mass is 318 g/mol. The molecule has 3 atom stereocenters. The third-order valence-electron chi connectivity index (χ3n) is 5.62. The van der Waals surface area contributed by atoms with Gasteiger partial charge in [-0.3, -0.25) is 0 Å². The summed E-state index contributed by atoms with van der Waals surface area (Å²) in [5.74, 6) is 0. The van der Waals surface area contributed by atoms with E-state index in [0.717, 1.165) is 37.7 Å². The van der Waals surface area contributed by atoms with E-state index in [9.17, 15) is 4.79 Å². The lowest BCUT2D eigenvalue weighted by Crippen LogP contribution is -2.51. The first-order chi connectivity index (χ1) is 11.3.